The van der Waals surface area contributed by atoms with Crippen LogP contribution in [0.2, 0.25) is 0 Å². The third kappa shape index (κ3) is 3.79. The molecule has 1 aliphatic rings. The van der Waals surface area contributed by atoms with Crippen molar-refractivity contribution in [2.24, 2.45) is 0 Å². The molecule has 0 spiro atoms. The average molecular weight is 334 g/mol. The molecule has 1 aromatic rings. The number of carbonyl (C=O) groups excluding carboxylic acids is 2. The lowest BCUT2D eigenvalue weighted by molar-refractivity contribution is -0.144. The molecule has 1 fully saturated rings. The lowest BCUT2D eigenvalue weighted by Crippen LogP contribution is -2.43. The van der Waals surface area contributed by atoms with Gasteiger partial charge in [-0.2, -0.15) is 13.2 Å². The molecule has 1 aromatic carbocycles. The Morgan fingerprint density at radius 1 is 1.35 bits per heavy atom. The van der Waals surface area contributed by atoms with E-state index in [1.807, 2.05) is 5.32 Å². The number of rotatable bonds is 2. The van der Waals surface area contributed by atoms with E-state index in [4.69, 9.17) is 5.11 Å². The van der Waals surface area contributed by atoms with Crippen LogP contribution in [0.15, 0.2) is 18.2 Å². The highest BCUT2D eigenvalue weighted by molar-refractivity contribution is 6.39. The maximum Gasteiger partial charge on any atom is 0.419 e. The van der Waals surface area contributed by atoms with Crippen molar-refractivity contribution >= 4 is 17.5 Å². The number of nitrogens with one attached hydrogen (secondary N) is 1. The second kappa shape index (κ2) is 6.53. The first-order valence-corrected chi connectivity index (χ1v) is 6.83. The second-order valence-corrected chi connectivity index (χ2v) is 5.12. The molecule has 0 bridgehead atoms. The lowest BCUT2D eigenvalue weighted by Gasteiger charge is -2.22. The summed E-state index contributed by atoms with van der Waals surface area (Å²) in [5.74, 6) is -3.55. The van der Waals surface area contributed by atoms with Crippen molar-refractivity contribution in [1.82, 2.24) is 4.90 Å². The van der Waals surface area contributed by atoms with Gasteiger partial charge in [-0.25, -0.2) is 4.39 Å². The van der Waals surface area contributed by atoms with Crippen molar-refractivity contribution in [3.8, 4) is 0 Å². The normalized spacial score (nSPS) is 18.1. The van der Waals surface area contributed by atoms with E-state index < -0.39 is 35.4 Å². The number of aliphatic hydroxyl groups is 1. The summed E-state index contributed by atoms with van der Waals surface area (Å²) in [4.78, 5) is 25.0. The molecule has 1 unspecified atom stereocenters. The van der Waals surface area contributed by atoms with Crippen LogP contribution in [0.5, 0.6) is 0 Å². The minimum absolute atomic E-state index is 0.286. The second-order valence-electron chi connectivity index (χ2n) is 5.12. The predicted molar refractivity (Wildman–Crippen MR) is 71.9 cm³/mol. The molecule has 2 rings (SSSR count). The Balaban J connectivity index is 2.13. The molecule has 0 saturated carbocycles. The molecule has 23 heavy (non-hydrogen) atoms. The first-order chi connectivity index (χ1) is 10.7. The summed E-state index contributed by atoms with van der Waals surface area (Å²) in [5, 5.41) is 11.1. The standard InChI is InChI=1S/C14H14F4N2O3/c15-11-4-3-8(6-10(11)14(16,17)18)19-12(22)13(23)20-5-1-2-9(20)7-21/h3-4,6,9,21H,1-2,5,7H2,(H,19,22). The van der Waals surface area contributed by atoms with Crippen LogP contribution in [0.3, 0.4) is 0 Å². The molecule has 9 heteroatoms. The van der Waals surface area contributed by atoms with Gasteiger partial charge < -0.3 is 15.3 Å². The van der Waals surface area contributed by atoms with Crippen LogP contribution in [-0.4, -0.2) is 41.0 Å². The number of halogens is 4. The molecular formula is C14H14F4N2O3. The molecule has 1 atom stereocenters. The van der Waals surface area contributed by atoms with Crippen LogP contribution in [0, 0.1) is 5.82 Å². The first-order valence-electron chi connectivity index (χ1n) is 6.83. The highest BCUT2D eigenvalue weighted by Crippen LogP contribution is 2.33. The topological polar surface area (TPSA) is 69.6 Å². The van der Waals surface area contributed by atoms with E-state index in [-0.39, 0.29) is 18.8 Å². The van der Waals surface area contributed by atoms with E-state index in [9.17, 15) is 27.2 Å². The Morgan fingerprint density at radius 3 is 2.65 bits per heavy atom. The largest absolute Gasteiger partial charge is 0.419 e. The molecule has 0 aliphatic carbocycles. The molecule has 1 saturated heterocycles. The maximum atomic E-state index is 13.2. The highest BCUT2D eigenvalue weighted by Gasteiger charge is 2.35. The number of anilines is 1. The van der Waals surface area contributed by atoms with Gasteiger partial charge >= 0.3 is 18.0 Å². The van der Waals surface area contributed by atoms with Gasteiger partial charge in [-0.3, -0.25) is 9.59 Å². The van der Waals surface area contributed by atoms with E-state index in [2.05, 4.69) is 0 Å². The molecule has 0 aromatic heterocycles. The summed E-state index contributed by atoms with van der Waals surface area (Å²) in [6, 6.07) is 1.44. The third-order valence-electron chi connectivity index (χ3n) is 3.57. The van der Waals surface area contributed by atoms with E-state index in [1.165, 1.54) is 4.90 Å². The zero-order chi connectivity index (χ0) is 17.2. The SMILES string of the molecule is O=C(Nc1ccc(F)c(C(F)(F)F)c1)C(=O)N1CCCC1CO. The number of alkyl halides is 3. The van der Waals surface area contributed by atoms with Gasteiger partial charge in [-0.1, -0.05) is 0 Å². The van der Waals surface area contributed by atoms with Crippen molar-refractivity contribution in [1.29, 1.82) is 0 Å². The first kappa shape index (κ1) is 17.2. The molecule has 2 amide bonds. The minimum Gasteiger partial charge on any atom is -0.394 e. The number of hydrogen-bond donors (Lipinski definition) is 2. The Bertz CT molecular complexity index is 619. The summed E-state index contributed by atoms with van der Waals surface area (Å²) < 4.78 is 51.0. The fourth-order valence-corrected chi connectivity index (χ4v) is 2.43. The van der Waals surface area contributed by atoms with Crippen molar-refractivity contribution in [2.45, 2.75) is 25.1 Å². The van der Waals surface area contributed by atoms with Gasteiger partial charge in [-0.05, 0) is 31.0 Å². The van der Waals surface area contributed by atoms with Crippen LogP contribution < -0.4 is 5.32 Å². The number of carbonyl (C=O) groups is 2. The van der Waals surface area contributed by atoms with Crippen LogP contribution in [-0.2, 0) is 15.8 Å². The fraction of sp³-hybridized carbons (Fsp3) is 0.429. The Morgan fingerprint density at radius 2 is 2.04 bits per heavy atom. The summed E-state index contributed by atoms with van der Waals surface area (Å²) in [7, 11) is 0. The van der Waals surface area contributed by atoms with Crippen molar-refractivity contribution in [2.75, 3.05) is 18.5 Å². The third-order valence-corrected chi connectivity index (χ3v) is 3.57. The molecule has 0 radical (unpaired) electrons. The van der Waals surface area contributed by atoms with Crippen LogP contribution >= 0.6 is 0 Å². The molecule has 5 nitrogen and oxygen atoms in total. The molecular weight excluding hydrogens is 320 g/mol. The molecule has 126 valence electrons. The van der Waals surface area contributed by atoms with Gasteiger partial charge in [0.15, 0.2) is 0 Å². The number of benzene rings is 1. The van der Waals surface area contributed by atoms with E-state index >= 15 is 0 Å². The number of hydrogen-bond acceptors (Lipinski definition) is 3. The number of nitrogens with zero attached hydrogens (tertiary/aromatic N) is 1. The van der Waals surface area contributed by atoms with Gasteiger partial charge in [0, 0.05) is 12.2 Å². The quantitative estimate of drug-likeness (QED) is 0.640. The number of aliphatic hydroxyl groups excluding tert-OH is 1. The van der Waals surface area contributed by atoms with Crippen LogP contribution in [0.25, 0.3) is 0 Å². The van der Waals surface area contributed by atoms with E-state index in [0.29, 0.717) is 25.0 Å². The van der Waals surface area contributed by atoms with Crippen molar-refractivity contribution in [3.63, 3.8) is 0 Å². The number of amides is 2. The van der Waals surface area contributed by atoms with Gasteiger partial charge in [0.05, 0.1) is 18.2 Å². The summed E-state index contributed by atoms with van der Waals surface area (Å²) in [6.45, 7) is -0.0114. The van der Waals surface area contributed by atoms with Crippen molar-refractivity contribution in [3.05, 3.63) is 29.6 Å². The van der Waals surface area contributed by atoms with Crippen molar-refractivity contribution < 1.29 is 32.3 Å². The highest BCUT2D eigenvalue weighted by atomic mass is 19.4. The smallest absolute Gasteiger partial charge is 0.394 e. The molecule has 1 heterocycles. The Labute approximate surface area is 128 Å². The van der Waals surface area contributed by atoms with Crippen LogP contribution in [0.4, 0.5) is 23.2 Å². The predicted octanol–water partition coefficient (Wildman–Crippen LogP) is 1.77. The summed E-state index contributed by atoms with van der Waals surface area (Å²) >= 11 is 0. The van der Waals surface area contributed by atoms with E-state index in [0.717, 1.165) is 6.07 Å². The van der Waals surface area contributed by atoms with E-state index in [1.54, 1.807) is 0 Å². The van der Waals surface area contributed by atoms with Gasteiger partial charge in [-0.15, -0.1) is 0 Å². The monoisotopic (exact) mass is 334 g/mol. The van der Waals surface area contributed by atoms with Crippen LogP contribution in [0.1, 0.15) is 18.4 Å². The van der Waals surface area contributed by atoms with Gasteiger partial charge in [0.2, 0.25) is 0 Å². The van der Waals surface area contributed by atoms with Gasteiger partial charge in [0.25, 0.3) is 0 Å². The molecule has 2 N–H and O–H groups in total. The van der Waals surface area contributed by atoms with Gasteiger partial charge in [0.1, 0.15) is 5.82 Å². The summed E-state index contributed by atoms with van der Waals surface area (Å²) in [5.41, 5.74) is -1.87. The zero-order valence-electron chi connectivity index (χ0n) is 11.9. The lowest BCUT2D eigenvalue weighted by atomic mass is 10.1. The fourth-order valence-electron chi connectivity index (χ4n) is 2.43. The Kier molecular flexibility index (Phi) is 4.88. The zero-order valence-corrected chi connectivity index (χ0v) is 11.9. The Hall–Kier alpha value is -2.16. The minimum atomic E-state index is -4.91. The average Bonchev–Trinajstić information content (AvgIpc) is 2.95. The molecule has 1 aliphatic heterocycles. The maximum absolute atomic E-state index is 13.2. The summed E-state index contributed by atoms with van der Waals surface area (Å²) in [6.07, 6.45) is -3.74. The number of likely N-dealkylation sites (tertiary alicyclic amines) is 1.